The Kier molecular flexibility index (Phi) is 6.57. The molecule has 1 aliphatic carbocycles. The molecule has 0 heterocycles. The first kappa shape index (κ1) is 18.7. The van der Waals surface area contributed by atoms with Crippen LogP contribution < -0.4 is 5.19 Å². The Bertz CT molecular complexity index is 571. The van der Waals surface area contributed by atoms with Crippen molar-refractivity contribution in [2.75, 3.05) is 0 Å². The van der Waals surface area contributed by atoms with E-state index in [1.807, 2.05) is 23.5 Å². The van der Waals surface area contributed by atoms with Crippen molar-refractivity contribution in [2.24, 2.45) is 5.92 Å². The fourth-order valence-corrected chi connectivity index (χ4v) is 5.60. The zero-order valence-electron chi connectivity index (χ0n) is 14.7. The SMILES string of the molecule is C=C[Si](C=C)(CC)c1ccc(C(=O)OO[C]2CCCC(C)C2)cc1. The number of hydrogen-bond donors (Lipinski definition) is 0. The molecule has 1 aliphatic rings. The fraction of sp³-hybridized carbons (Fsp3) is 0.400. The van der Waals surface area contributed by atoms with Crippen molar-refractivity contribution in [1.82, 2.24) is 0 Å². The number of hydrogen-bond acceptors (Lipinski definition) is 3. The van der Waals surface area contributed by atoms with E-state index in [0.717, 1.165) is 31.4 Å². The minimum atomic E-state index is -1.86. The van der Waals surface area contributed by atoms with Crippen molar-refractivity contribution in [3.63, 3.8) is 0 Å². The molecule has 1 radical (unpaired) electrons. The largest absolute Gasteiger partial charge is 0.373 e. The van der Waals surface area contributed by atoms with Gasteiger partial charge >= 0.3 is 5.97 Å². The molecule has 3 nitrogen and oxygen atoms in total. The standard InChI is InChI=1S/C20H27O3Si/c1-5-24(6-2,7-3)19-13-11-17(12-14-19)20(21)23-22-18-10-8-9-16(4)15-18/h5-6,11-14,16H,1-2,7-10,15H2,3-4H3. The van der Waals surface area contributed by atoms with Crippen molar-refractivity contribution in [3.8, 4) is 0 Å². The molecule has 1 atom stereocenters. The molecule has 0 aromatic heterocycles. The van der Waals surface area contributed by atoms with Crippen LogP contribution >= 0.6 is 0 Å². The molecule has 0 amide bonds. The summed E-state index contributed by atoms with van der Waals surface area (Å²) in [5.74, 6) is 0.143. The minimum Gasteiger partial charge on any atom is -0.292 e. The highest BCUT2D eigenvalue weighted by Gasteiger charge is 2.27. The summed E-state index contributed by atoms with van der Waals surface area (Å²) in [6.45, 7) is 12.3. The maximum atomic E-state index is 12.1. The summed E-state index contributed by atoms with van der Waals surface area (Å²) < 4.78 is 0. The van der Waals surface area contributed by atoms with E-state index in [1.54, 1.807) is 12.1 Å². The third kappa shape index (κ3) is 4.25. The van der Waals surface area contributed by atoms with Gasteiger partial charge in [-0.25, -0.2) is 4.79 Å². The van der Waals surface area contributed by atoms with Gasteiger partial charge in [0.25, 0.3) is 0 Å². The van der Waals surface area contributed by atoms with Gasteiger partial charge in [-0.05, 0) is 36.9 Å². The molecule has 2 rings (SSSR count). The van der Waals surface area contributed by atoms with Crippen LogP contribution in [0.15, 0.2) is 48.8 Å². The normalized spacial score (nSPS) is 18.8. The molecule has 0 saturated heterocycles. The molecule has 1 fully saturated rings. The Balaban J connectivity index is 1.98. The lowest BCUT2D eigenvalue weighted by atomic mass is 9.89. The molecule has 0 bridgehead atoms. The monoisotopic (exact) mass is 343 g/mol. The Hall–Kier alpha value is -1.65. The van der Waals surface area contributed by atoms with Crippen molar-refractivity contribution < 1.29 is 14.6 Å². The molecule has 1 unspecified atom stereocenters. The summed E-state index contributed by atoms with van der Waals surface area (Å²) >= 11 is 0. The first-order valence-electron chi connectivity index (χ1n) is 8.66. The fourth-order valence-electron chi connectivity index (χ4n) is 3.19. The third-order valence-electron chi connectivity index (χ3n) is 4.94. The topological polar surface area (TPSA) is 35.5 Å². The van der Waals surface area contributed by atoms with Crippen LogP contribution in [0.1, 0.15) is 49.9 Å². The first-order chi connectivity index (χ1) is 11.5. The second-order valence-electron chi connectivity index (χ2n) is 6.57. The van der Waals surface area contributed by atoms with Gasteiger partial charge in [0.1, 0.15) is 14.2 Å². The van der Waals surface area contributed by atoms with E-state index in [1.165, 1.54) is 11.6 Å². The second-order valence-corrected chi connectivity index (χ2v) is 10.8. The van der Waals surface area contributed by atoms with Crippen LogP contribution in [0.4, 0.5) is 0 Å². The lowest BCUT2D eigenvalue weighted by Crippen LogP contribution is -2.43. The van der Waals surface area contributed by atoms with Crippen molar-refractivity contribution >= 4 is 19.2 Å². The van der Waals surface area contributed by atoms with E-state index in [9.17, 15) is 4.79 Å². The van der Waals surface area contributed by atoms with E-state index in [0.29, 0.717) is 11.5 Å². The lowest BCUT2D eigenvalue weighted by molar-refractivity contribution is -0.241. The van der Waals surface area contributed by atoms with Crippen LogP contribution in [0.25, 0.3) is 0 Å². The molecule has 1 aromatic carbocycles. The van der Waals surface area contributed by atoms with Crippen molar-refractivity contribution in [3.05, 3.63) is 60.5 Å². The van der Waals surface area contributed by atoms with E-state index in [2.05, 4.69) is 27.0 Å². The highest BCUT2D eigenvalue weighted by atomic mass is 28.3. The van der Waals surface area contributed by atoms with Crippen LogP contribution in [-0.2, 0) is 9.78 Å². The highest BCUT2D eigenvalue weighted by Crippen LogP contribution is 2.31. The Morgan fingerprint density at radius 3 is 2.50 bits per heavy atom. The molecule has 24 heavy (non-hydrogen) atoms. The second kappa shape index (κ2) is 8.45. The predicted molar refractivity (Wildman–Crippen MR) is 100 cm³/mol. The van der Waals surface area contributed by atoms with Crippen LogP contribution in [0.5, 0.6) is 0 Å². The van der Waals surface area contributed by atoms with E-state index < -0.39 is 14.0 Å². The molecule has 1 aromatic rings. The zero-order valence-corrected chi connectivity index (χ0v) is 15.7. The van der Waals surface area contributed by atoms with Gasteiger partial charge < -0.3 is 0 Å². The molecule has 129 valence electrons. The van der Waals surface area contributed by atoms with E-state index in [-0.39, 0.29) is 0 Å². The first-order valence-corrected chi connectivity index (χ1v) is 11.0. The Morgan fingerprint density at radius 1 is 1.29 bits per heavy atom. The summed E-state index contributed by atoms with van der Waals surface area (Å²) in [7, 11) is -1.86. The molecule has 0 N–H and O–H groups in total. The van der Waals surface area contributed by atoms with Gasteiger partial charge in [-0.1, -0.05) is 55.4 Å². The highest BCUT2D eigenvalue weighted by molar-refractivity contribution is 6.99. The molecular formula is C20H27O3Si. The maximum Gasteiger partial charge on any atom is 0.373 e. The van der Waals surface area contributed by atoms with Gasteiger partial charge in [-0.3, -0.25) is 4.89 Å². The van der Waals surface area contributed by atoms with Gasteiger partial charge in [-0.15, -0.1) is 13.2 Å². The van der Waals surface area contributed by atoms with Crippen LogP contribution in [0.2, 0.25) is 6.04 Å². The van der Waals surface area contributed by atoms with Gasteiger partial charge in [0.15, 0.2) is 0 Å². The molecule has 0 aliphatic heterocycles. The summed E-state index contributed by atoms with van der Waals surface area (Å²) in [5, 5.41) is 1.20. The number of benzene rings is 1. The third-order valence-corrected chi connectivity index (χ3v) is 8.97. The summed E-state index contributed by atoms with van der Waals surface area (Å²) in [5.41, 5.74) is 4.55. The van der Waals surface area contributed by atoms with E-state index in [4.69, 9.17) is 9.78 Å². The Labute approximate surface area is 146 Å². The number of carbonyl (C=O) groups is 1. The van der Waals surface area contributed by atoms with Gasteiger partial charge in [0.2, 0.25) is 0 Å². The lowest BCUT2D eigenvalue weighted by Gasteiger charge is -2.24. The maximum absolute atomic E-state index is 12.1. The van der Waals surface area contributed by atoms with Gasteiger partial charge in [-0.2, -0.15) is 4.89 Å². The summed E-state index contributed by atoms with van der Waals surface area (Å²) in [6, 6.07) is 8.54. The summed E-state index contributed by atoms with van der Waals surface area (Å²) in [4.78, 5) is 22.4. The average Bonchev–Trinajstić information content (AvgIpc) is 2.62. The van der Waals surface area contributed by atoms with Crippen LogP contribution in [0.3, 0.4) is 0 Å². The molecule has 0 spiro atoms. The van der Waals surface area contributed by atoms with Crippen LogP contribution in [-0.4, -0.2) is 14.0 Å². The number of carbonyl (C=O) groups excluding carboxylic acids is 1. The van der Waals surface area contributed by atoms with Gasteiger partial charge in [0, 0.05) is 0 Å². The molecule has 1 saturated carbocycles. The average molecular weight is 344 g/mol. The minimum absolute atomic E-state index is 0.451. The molecule has 4 heteroatoms. The predicted octanol–water partition coefficient (Wildman–Crippen LogP) is 4.64. The van der Waals surface area contributed by atoms with Crippen molar-refractivity contribution in [1.29, 1.82) is 0 Å². The smallest absolute Gasteiger partial charge is 0.292 e. The van der Waals surface area contributed by atoms with Crippen LogP contribution in [0, 0.1) is 12.0 Å². The quantitative estimate of drug-likeness (QED) is 0.411. The Morgan fingerprint density at radius 2 is 1.96 bits per heavy atom. The van der Waals surface area contributed by atoms with Gasteiger partial charge in [0.05, 0.1) is 5.56 Å². The summed E-state index contributed by atoms with van der Waals surface area (Å²) in [6.07, 6.45) is 4.91. The molecular weight excluding hydrogens is 316 g/mol. The zero-order chi connectivity index (χ0) is 17.6. The van der Waals surface area contributed by atoms with E-state index >= 15 is 0 Å². The number of rotatable bonds is 7. The van der Waals surface area contributed by atoms with Crippen molar-refractivity contribution in [2.45, 2.75) is 45.6 Å².